The second-order valence-electron chi connectivity index (χ2n) is 6.94. The summed E-state index contributed by atoms with van der Waals surface area (Å²) in [4.78, 5) is 18.1. The van der Waals surface area contributed by atoms with Gasteiger partial charge in [0.2, 0.25) is 5.95 Å². The largest absolute Gasteiger partial charge is 0.357 e. The minimum atomic E-state index is 0. The van der Waals surface area contributed by atoms with Crippen molar-refractivity contribution in [3.8, 4) is 0 Å². The summed E-state index contributed by atoms with van der Waals surface area (Å²) in [6.45, 7) is 9.39. The van der Waals surface area contributed by atoms with Crippen molar-refractivity contribution in [2.45, 2.75) is 13.3 Å². The molecule has 2 heterocycles. The number of guanidine groups is 1. The van der Waals surface area contributed by atoms with Crippen LogP contribution in [0.3, 0.4) is 0 Å². The van der Waals surface area contributed by atoms with Crippen molar-refractivity contribution in [3.63, 3.8) is 0 Å². The lowest BCUT2D eigenvalue weighted by Crippen LogP contribution is -2.47. The molecule has 30 heavy (non-hydrogen) atoms. The van der Waals surface area contributed by atoms with E-state index in [-0.39, 0.29) is 24.0 Å². The normalized spacial score (nSPS) is 14.9. The number of hydrogen-bond donors (Lipinski definition) is 2. The average molecular weight is 544 g/mol. The van der Waals surface area contributed by atoms with Crippen LogP contribution in [0.25, 0.3) is 0 Å². The molecule has 1 fully saturated rings. The average Bonchev–Trinajstić information content (AvgIpc) is 2.75. The number of aliphatic imine (C=N–C) groups is 1. The first-order valence-corrected chi connectivity index (χ1v) is 10.6. The van der Waals surface area contributed by atoms with E-state index in [2.05, 4.69) is 43.4 Å². The number of nitrogens with one attached hydrogen (secondary N) is 2. The molecule has 0 unspecified atom stereocenters. The van der Waals surface area contributed by atoms with Crippen LogP contribution in [-0.4, -0.2) is 73.2 Å². The fraction of sp³-hybridized carbons (Fsp3) is 0.476. The zero-order chi connectivity index (χ0) is 20.3. The van der Waals surface area contributed by atoms with Gasteiger partial charge in [-0.05, 0) is 37.1 Å². The molecule has 1 aromatic carbocycles. The van der Waals surface area contributed by atoms with Gasteiger partial charge in [0.05, 0.1) is 6.54 Å². The van der Waals surface area contributed by atoms with Crippen LogP contribution >= 0.6 is 35.6 Å². The van der Waals surface area contributed by atoms with Gasteiger partial charge in [-0.25, -0.2) is 9.97 Å². The highest BCUT2D eigenvalue weighted by atomic mass is 127. The molecule has 1 aliphatic rings. The number of anilines is 1. The first kappa shape index (κ1) is 24.6. The molecule has 7 nitrogen and oxygen atoms in total. The van der Waals surface area contributed by atoms with E-state index in [0.717, 1.165) is 75.7 Å². The summed E-state index contributed by atoms with van der Waals surface area (Å²) in [5.41, 5.74) is 1.22. The summed E-state index contributed by atoms with van der Waals surface area (Å²) in [6, 6.07) is 9.84. The molecule has 1 aliphatic heterocycles. The van der Waals surface area contributed by atoms with Crippen molar-refractivity contribution in [2.75, 3.05) is 57.3 Å². The zero-order valence-corrected chi connectivity index (χ0v) is 20.5. The van der Waals surface area contributed by atoms with Crippen molar-refractivity contribution >= 4 is 47.5 Å². The highest BCUT2D eigenvalue weighted by Crippen LogP contribution is 2.11. The van der Waals surface area contributed by atoms with Crippen LogP contribution in [-0.2, 0) is 6.42 Å². The summed E-state index contributed by atoms with van der Waals surface area (Å²) in [6.07, 6.45) is 4.50. The molecule has 2 N–H and O–H groups in total. The molecule has 3 rings (SSSR count). The molecule has 164 valence electrons. The Morgan fingerprint density at radius 2 is 1.87 bits per heavy atom. The van der Waals surface area contributed by atoms with E-state index in [0.29, 0.717) is 0 Å². The fourth-order valence-electron chi connectivity index (χ4n) is 3.29. The SMILES string of the molecule is CCNC(=NCCN1CCN(c2ncccn2)CC1)NCCc1cccc(Cl)c1.I. The summed E-state index contributed by atoms with van der Waals surface area (Å²) in [5.74, 6) is 1.69. The number of rotatable bonds is 8. The van der Waals surface area contributed by atoms with E-state index in [4.69, 9.17) is 16.6 Å². The quantitative estimate of drug-likeness (QED) is 0.303. The Morgan fingerprint density at radius 1 is 1.10 bits per heavy atom. The molecule has 0 aliphatic carbocycles. The lowest BCUT2D eigenvalue weighted by atomic mass is 10.1. The molecular weight excluding hydrogens is 513 g/mol. The van der Waals surface area contributed by atoms with Crippen LogP contribution in [0, 0.1) is 0 Å². The number of piperazine rings is 1. The van der Waals surface area contributed by atoms with E-state index in [9.17, 15) is 0 Å². The van der Waals surface area contributed by atoms with Gasteiger partial charge in [-0.3, -0.25) is 9.89 Å². The number of hydrogen-bond acceptors (Lipinski definition) is 5. The number of halogens is 2. The summed E-state index contributed by atoms with van der Waals surface area (Å²) in [7, 11) is 0. The first-order valence-electron chi connectivity index (χ1n) is 10.3. The smallest absolute Gasteiger partial charge is 0.225 e. The standard InChI is InChI=1S/C21H30ClN7.HI/c1-2-23-20(24-10-7-18-5-3-6-19(22)17-18)25-11-12-28-13-15-29(16-14-28)21-26-8-4-9-27-21;/h3-6,8-9,17H,2,7,10-16H2,1H3,(H2,23,24,25);1H. The van der Waals surface area contributed by atoms with Gasteiger partial charge in [-0.15, -0.1) is 24.0 Å². The molecule has 0 spiro atoms. The predicted octanol–water partition coefficient (Wildman–Crippen LogP) is 2.67. The van der Waals surface area contributed by atoms with Gasteiger partial charge in [-0.1, -0.05) is 23.7 Å². The van der Waals surface area contributed by atoms with E-state index < -0.39 is 0 Å². The molecule has 0 saturated carbocycles. The molecule has 0 atom stereocenters. The molecule has 0 radical (unpaired) electrons. The van der Waals surface area contributed by atoms with Crippen molar-refractivity contribution in [2.24, 2.45) is 4.99 Å². The van der Waals surface area contributed by atoms with Gasteiger partial charge in [0.25, 0.3) is 0 Å². The zero-order valence-electron chi connectivity index (χ0n) is 17.4. The summed E-state index contributed by atoms with van der Waals surface area (Å²) < 4.78 is 0. The first-order chi connectivity index (χ1) is 14.2. The summed E-state index contributed by atoms with van der Waals surface area (Å²) in [5, 5.41) is 7.50. The van der Waals surface area contributed by atoms with E-state index >= 15 is 0 Å². The Hall–Kier alpha value is -1.65. The van der Waals surface area contributed by atoms with Crippen LogP contribution in [0.15, 0.2) is 47.7 Å². The maximum atomic E-state index is 6.05. The molecule has 1 saturated heterocycles. The molecule has 0 amide bonds. The maximum absolute atomic E-state index is 6.05. The van der Waals surface area contributed by atoms with Crippen molar-refractivity contribution in [3.05, 3.63) is 53.3 Å². The molecule has 2 aromatic rings. The van der Waals surface area contributed by atoms with E-state index in [1.165, 1.54) is 5.56 Å². The van der Waals surface area contributed by atoms with Gasteiger partial charge in [0, 0.05) is 63.2 Å². The molecule has 9 heteroatoms. The van der Waals surface area contributed by atoms with E-state index in [1.807, 2.05) is 24.3 Å². The molecular formula is C21H31ClIN7. The monoisotopic (exact) mass is 543 g/mol. The third-order valence-corrected chi connectivity index (χ3v) is 5.07. The van der Waals surface area contributed by atoms with Gasteiger partial charge >= 0.3 is 0 Å². The van der Waals surface area contributed by atoms with Gasteiger partial charge < -0.3 is 15.5 Å². The highest BCUT2D eigenvalue weighted by molar-refractivity contribution is 14.0. The van der Waals surface area contributed by atoms with E-state index in [1.54, 1.807) is 12.4 Å². The van der Waals surface area contributed by atoms with Crippen molar-refractivity contribution in [1.29, 1.82) is 0 Å². The van der Waals surface area contributed by atoms with Gasteiger partial charge in [-0.2, -0.15) is 0 Å². The Balaban J connectivity index is 0.00000320. The fourth-order valence-corrected chi connectivity index (χ4v) is 3.50. The maximum Gasteiger partial charge on any atom is 0.225 e. The number of benzene rings is 1. The Morgan fingerprint density at radius 3 is 2.57 bits per heavy atom. The topological polar surface area (TPSA) is 68.7 Å². The molecule has 1 aromatic heterocycles. The van der Waals surface area contributed by atoms with Crippen LogP contribution in [0.5, 0.6) is 0 Å². The predicted molar refractivity (Wildman–Crippen MR) is 135 cm³/mol. The van der Waals surface area contributed by atoms with Gasteiger partial charge in [0.15, 0.2) is 5.96 Å². The highest BCUT2D eigenvalue weighted by Gasteiger charge is 2.18. The van der Waals surface area contributed by atoms with Crippen LogP contribution in [0.4, 0.5) is 5.95 Å². The van der Waals surface area contributed by atoms with Gasteiger partial charge in [0.1, 0.15) is 0 Å². The third-order valence-electron chi connectivity index (χ3n) is 4.83. The van der Waals surface area contributed by atoms with Crippen molar-refractivity contribution < 1.29 is 0 Å². The lowest BCUT2D eigenvalue weighted by molar-refractivity contribution is 0.263. The Labute approximate surface area is 201 Å². The minimum Gasteiger partial charge on any atom is -0.357 e. The van der Waals surface area contributed by atoms with Crippen LogP contribution < -0.4 is 15.5 Å². The van der Waals surface area contributed by atoms with Crippen LogP contribution in [0.2, 0.25) is 5.02 Å². The second-order valence-corrected chi connectivity index (χ2v) is 7.38. The third kappa shape index (κ3) is 8.23. The second kappa shape index (κ2) is 13.6. The lowest BCUT2D eigenvalue weighted by Gasteiger charge is -2.34. The van der Waals surface area contributed by atoms with Crippen molar-refractivity contribution in [1.82, 2.24) is 25.5 Å². The summed E-state index contributed by atoms with van der Waals surface area (Å²) >= 11 is 6.05. The minimum absolute atomic E-state index is 0. The molecule has 0 bridgehead atoms. The Kier molecular flexibility index (Phi) is 11.2. The number of aromatic nitrogens is 2. The van der Waals surface area contributed by atoms with Crippen LogP contribution in [0.1, 0.15) is 12.5 Å². The number of nitrogens with zero attached hydrogens (tertiary/aromatic N) is 5. The Bertz CT molecular complexity index is 767.